The summed E-state index contributed by atoms with van der Waals surface area (Å²) in [4.78, 5) is 12.3. The first-order chi connectivity index (χ1) is 9.74. The van der Waals surface area contributed by atoms with Crippen LogP contribution in [0, 0.1) is 5.41 Å². The zero-order valence-electron chi connectivity index (χ0n) is 12.7. The average Bonchev–Trinajstić information content (AvgIpc) is 3.12. The molecule has 0 aromatic carbocycles. The molecule has 1 aromatic heterocycles. The Morgan fingerprint density at radius 3 is 2.43 bits per heavy atom. The summed E-state index contributed by atoms with van der Waals surface area (Å²) in [5.74, 6) is -0.118. The molecule has 0 unspecified atom stereocenters. The topological polar surface area (TPSA) is 89.3 Å². The van der Waals surface area contributed by atoms with Gasteiger partial charge in [0.1, 0.15) is 9.90 Å². The van der Waals surface area contributed by atoms with Crippen LogP contribution in [0.5, 0.6) is 0 Å². The fraction of sp³-hybridized carbons (Fsp3) is 0.643. The van der Waals surface area contributed by atoms with Crippen molar-refractivity contribution in [2.24, 2.45) is 5.41 Å². The van der Waals surface area contributed by atoms with Gasteiger partial charge in [-0.1, -0.05) is 13.8 Å². The van der Waals surface area contributed by atoms with Crippen molar-refractivity contribution in [2.75, 3.05) is 23.9 Å². The van der Waals surface area contributed by atoms with E-state index in [0.717, 1.165) is 43.4 Å². The summed E-state index contributed by atoms with van der Waals surface area (Å²) in [5, 5.41) is 3.73. The number of nitrogens with two attached hydrogens (primary N) is 1. The number of thiophene rings is 1. The quantitative estimate of drug-likeness (QED) is 0.750. The van der Waals surface area contributed by atoms with Crippen LogP contribution in [0.2, 0.25) is 0 Å². The molecule has 1 heterocycles. The zero-order chi connectivity index (χ0) is 15.8. The van der Waals surface area contributed by atoms with Crippen LogP contribution in [0.15, 0.2) is 4.90 Å². The number of carbonyl (C=O) groups is 1. The minimum Gasteiger partial charge on any atom is -0.396 e. The standard InChI is InChI=1S/C14H22N2O3S2/c1-4-9(17)11-10(15)12(21(3,18)19)13(20-11)16-8-14(5-2)6-7-14/h16H,4-8,15H2,1-3H3. The van der Waals surface area contributed by atoms with E-state index in [1.165, 1.54) is 0 Å². The van der Waals surface area contributed by atoms with Gasteiger partial charge < -0.3 is 11.1 Å². The van der Waals surface area contributed by atoms with Gasteiger partial charge in [0.05, 0.1) is 10.6 Å². The van der Waals surface area contributed by atoms with E-state index in [2.05, 4.69) is 12.2 Å². The molecule has 0 amide bonds. The van der Waals surface area contributed by atoms with Gasteiger partial charge in [0.2, 0.25) is 0 Å². The fourth-order valence-electron chi connectivity index (χ4n) is 2.38. The SMILES string of the molecule is CCC(=O)c1sc(NCC2(CC)CC2)c(S(C)(=O)=O)c1N. The summed E-state index contributed by atoms with van der Waals surface area (Å²) in [7, 11) is -3.47. The van der Waals surface area contributed by atoms with E-state index in [-0.39, 0.29) is 21.8 Å². The van der Waals surface area contributed by atoms with Gasteiger partial charge in [-0.3, -0.25) is 4.79 Å². The molecule has 21 heavy (non-hydrogen) atoms. The van der Waals surface area contributed by atoms with Crippen molar-refractivity contribution in [3.05, 3.63) is 4.88 Å². The molecule has 0 spiro atoms. The third-order valence-electron chi connectivity index (χ3n) is 4.18. The monoisotopic (exact) mass is 330 g/mol. The second-order valence-corrected chi connectivity index (χ2v) is 8.73. The van der Waals surface area contributed by atoms with Gasteiger partial charge in [-0.05, 0) is 24.7 Å². The van der Waals surface area contributed by atoms with Gasteiger partial charge in [0.25, 0.3) is 0 Å². The summed E-state index contributed by atoms with van der Waals surface area (Å²) in [6.45, 7) is 4.61. The van der Waals surface area contributed by atoms with Crippen LogP contribution >= 0.6 is 11.3 Å². The lowest BCUT2D eigenvalue weighted by molar-refractivity contribution is 0.0992. The van der Waals surface area contributed by atoms with Gasteiger partial charge in [-0.2, -0.15) is 0 Å². The van der Waals surface area contributed by atoms with E-state index in [0.29, 0.717) is 16.3 Å². The number of rotatable bonds is 7. The molecule has 0 atom stereocenters. The predicted molar refractivity (Wildman–Crippen MR) is 86.9 cm³/mol. The summed E-state index contributed by atoms with van der Waals surface area (Å²) >= 11 is 1.16. The van der Waals surface area contributed by atoms with Crippen molar-refractivity contribution in [2.45, 2.75) is 44.4 Å². The molecule has 1 aliphatic carbocycles. The molecule has 5 nitrogen and oxygen atoms in total. The van der Waals surface area contributed by atoms with Gasteiger partial charge in [0, 0.05) is 19.2 Å². The maximum absolute atomic E-state index is 12.0. The summed E-state index contributed by atoms with van der Waals surface area (Å²) in [6, 6.07) is 0. The number of carbonyl (C=O) groups excluding carboxylic acids is 1. The first-order valence-electron chi connectivity index (χ1n) is 7.13. The van der Waals surface area contributed by atoms with Crippen molar-refractivity contribution < 1.29 is 13.2 Å². The van der Waals surface area contributed by atoms with E-state index in [1.807, 2.05) is 0 Å². The van der Waals surface area contributed by atoms with Gasteiger partial charge in [0.15, 0.2) is 15.6 Å². The smallest absolute Gasteiger partial charge is 0.180 e. The number of nitrogen functional groups attached to an aromatic ring is 1. The molecular formula is C14H22N2O3S2. The molecular weight excluding hydrogens is 308 g/mol. The first-order valence-corrected chi connectivity index (χ1v) is 9.84. The minimum absolute atomic E-state index is 0.0798. The van der Waals surface area contributed by atoms with Crippen molar-refractivity contribution >= 4 is 37.6 Å². The van der Waals surface area contributed by atoms with Gasteiger partial charge >= 0.3 is 0 Å². The maximum atomic E-state index is 12.0. The van der Waals surface area contributed by atoms with Crippen LogP contribution in [0.4, 0.5) is 10.7 Å². The van der Waals surface area contributed by atoms with Crippen LogP contribution in [-0.2, 0) is 9.84 Å². The van der Waals surface area contributed by atoms with Crippen molar-refractivity contribution in [1.29, 1.82) is 0 Å². The lowest BCUT2D eigenvalue weighted by atomic mass is 10.0. The number of hydrogen-bond acceptors (Lipinski definition) is 6. The molecule has 3 N–H and O–H groups in total. The molecule has 1 saturated carbocycles. The molecule has 1 aromatic rings. The molecule has 118 valence electrons. The largest absolute Gasteiger partial charge is 0.396 e. The van der Waals surface area contributed by atoms with E-state index in [1.54, 1.807) is 6.92 Å². The van der Waals surface area contributed by atoms with Crippen molar-refractivity contribution in [3.63, 3.8) is 0 Å². The highest BCUT2D eigenvalue weighted by molar-refractivity contribution is 7.91. The molecule has 1 aliphatic rings. The number of hydrogen-bond donors (Lipinski definition) is 2. The molecule has 7 heteroatoms. The van der Waals surface area contributed by atoms with E-state index in [4.69, 9.17) is 5.73 Å². The molecule has 1 fully saturated rings. The first kappa shape index (κ1) is 16.3. The lowest BCUT2D eigenvalue weighted by Crippen LogP contribution is -2.15. The average molecular weight is 330 g/mol. The Morgan fingerprint density at radius 1 is 1.38 bits per heavy atom. The molecule has 0 aliphatic heterocycles. The summed E-state index contributed by atoms with van der Waals surface area (Å²) in [6.07, 6.45) is 4.82. The number of Topliss-reactive ketones (excluding diaryl/α,β-unsaturated/α-hetero) is 1. The molecule has 0 saturated heterocycles. The van der Waals surface area contributed by atoms with Crippen LogP contribution in [-0.4, -0.2) is 27.0 Å². The summed E-state index contributed by atoms with van der Waals surface area (Å²) < 4.78 is 24.0. The normalized spacial score (nSPS) is 16.7. The number of nitrogens with one attached hydrogen (secondary N) is 1. The van der Waals surface area contributed by atoms with Gasteiger partial charge in [-0.15, -0.1) is 11.3 Å². The minimum atomic E-state index is -3.47. The Morgan fingerprint density at radius 2 is 2.00 bits per heavy atom. The highest BCUT2D eigenvalue weighted by Gasteiger charge is 2.40. The molecule has 0 bridgehead atoms. The Kier molecular flexibility index (Phi) is 4.35. The fourth-order valence-corrected chi connectivity index (χ4v) is 4.96. The van der Waals surface area contributed by atoms with E-state index < -0.39 is 9.84 Å². The third kappa shape index (κ3) is 3.23. The molecule has 2 rings (SSSR count). The summed E-state index contributed by atoms with van der Waals surface area (Å²) in [5.41, 5.74) is 6.30. The highest BCUT2D eigenvalue weighted by Crippen LogP contribution is 2.49. The molecule has 0 radical (unpaired) electrons. The Balaban J connectivity index is 2.37. The van der Waals surface area contributed by atoms with Crippen LogP contribution in [0.25, 0.3) is 0 Å². The Hall–Kier alpha value is -1.08. The van der Waals surface area contributed by atoms with E-state index in [9.17, 15) is 13.2 Å². The number of anilines is 2. The van der Waals surface area contributed by atoms with Crippen molar-refractivity contribution in [3.8, 4) is 0 Å². The van der Waals surface area contributed by atoms with Crippen LogP contribution in [0.1, 0.15) is 49.2 Å². The highest BCUT2D eigenvalue weighted by atomic mass is 32.2. The van der Waals surface area contributed by atoms with Gasteiger partial charge in [-0.25, -0.2) is 8.42 Å². The zero-order valence-corrected chi connectivity index (χ0v) is 14.3. The Bertz CT molecular complexity index is 658. The van der Waals surface area contributed by atoms with Crippen LogP contribution < -0.4 is 11.1 Å². The number of sulfone groups is 1. The lowest BCUT2D eigenvalue weighted by Gasteiger charge is -2.14. The second kappa shape index (κ2) is 5.61. The second-order valence-electron chi connectivity index (χ2n) is 5.76. The van der Waals surface area contributed by atoms with E-state index >= 15 is 0 Å². The van der Waals surface area contributed by atoms with Crippen LogP contribution in [0.3, 0.4) is 0 Å². The predicted octanol–water partition coefficient (Wildman–Crippen LogP) is 2.93. The maximum Gasteiger partial charge on any atom is 0.180 e. The van der Waals surface area contributed by atoms with Crippen molar-refractivity contribution in [1.82, 2.24) is 0 Å². The third-order valence-corrected chi connectivity index (χ3v) is 6.67. The Labute approximate surface area is 129 Å². The number of ketones is 1.